The Kier molecular flexibility index (Phi) is 4.49. The second-order valence-electron chi connectivity index (χ2n) is 6.57. The number of benzene rings is 2. The van der Waals surface area contributed by atoms with E-state index in [4.69, 9.17) is 14.2 Å². The van der Waals surface area contributed by atoms with Crippen LogP contribution in [-0.2, 0) is 4.74 Å². The van der Waals surface area contributed by atoms with Crippen molar-refractivity contribution >= 4 is 11.9 Å². The monoisotopic (exact) mass is 351 g/mol. The normalized spacial score (nSPS) is 21.0. The Morgan fingerprint density at radius 2 is 2.08 bits per heavy atom. The molecule has 2 heterocycles. The summed E-state index contributed by atoms with van der Waals surface area (Å²) in [5, 5.41) is 3.39. The minimum Gasteiger partial charge on any atom is -0.481 e. The third-order valence-corrected chi connectivity index (χ3v) is 4.82. The number of rotatable bonds is 5. The molecule has 1 fully saturated rings. The lowest BCUT2D eigenvalue weighted by Gasteiger charge is -2.34. The van der Waals surface area contributed by atoms with Crippen molar-refractivity contribution in [2.45, 2.75) is 12.0 Å². The molecule has 2 aromatic rings. The summed E-state index contributed by atoms with van der Waals surface area (Å²) in [6, 6.07) is 13.4. The molecule has 2 aliphatic rings. The number of carbonyl (C=O) groups is 1. The van der Waals surface area contributed by atoms with Crippen LogP contribution >= 0.6 is 0 Å². The lowest BCUT2D eigenvalue weighted by Crippen LogP contribution is -2.38. The molecule has 1 atom stereocenters. The molecule has 2 aromatic carbocycles. The first kappa shape index (κ1) is 16.8. The Hall–Kier alpha value is -2.63. The molecule has 1 unspecified atom stereocenters. The number of nitrogens with one attached hydrogen (secondary N) is 1. The van der Waals surface area contributed by atoms with Crippen molar-refractivity contribution in [2.75, 3.05) is 27.0 Å². The molecule has 0 aliphatic carbocycles. The van der Waals surface area contributed by atoms with E-state index in [1.165, 1.54) is 0 Å². The fourth-order valence-corrected chi connectivity index (χ4v) is 3.56. The predicted octanol–water partition coefficient (Wildman–Crippen LogP) is 3.04. The second-order valence-corrected chi connectivity index (χ2v) is 6.57. The van der Waals surface area contributed by atoms with Crippen LogP contribution in [0.4, 0.5) is 0 Å². The maximum Gasteiger partial charge on any atom is 0.188 e. The fraction of sp³-hybridized carbons (Fsp3) is 0.286. The molecule has 0 aromatic heterocycles. The van der Waals surface area contributed by atoms with Gasteiger partial charge in [-0.3, -0.25) is 4.79 Å². The van der Waals surface area contributed by atoms with Gasteiger partial charge in [-0.1, -0.05) is 30.3 Å². The maximum atomic E-state index is 11.0. The Morgan fingerprint density at radius 3 is 2.77 bits per heavy atom. The molecule has 2 aliphatic heterocycles. The van der Waals surface area contributed by atoms with E-state index >= 15 is 0 Å². The first-order valence-corrected chi connectivity index (χ1v) is 8.68. The molecule has 1 N–H and O–H groups in total. The standard InChI is InChI=1S/C21H21NO4/c1-24-14-25-18-3-2-4-19-20(18)17(11-21(26-19)9-10-22-13-21)16-7-5-15(12-23)6-8-16/h2-8,11-12,22H,9-10,13-14H2,1H3. The van der Waals surface area contributed by atoms with Crippen LogP contribution in [0.15, 0.2) is 48.5 Å². The third kappa shape index (κ3) is 3.00. The van der Waals surface area contributed by atoms with E-state index in [9.17, 15) is 4.79 Å². The van der Waals surface area contributed by atoms with E-state index in [2.05, 4.69) is 11.4 Å². The van der Waals surface area contributed by atoms with Crippen LogP contribution in [0.5, 0.6) is 11.5 Å². The van der Waals surface area contributed by atoms with E-state index < -0.39 is 0 Å². The van der Waals surface area contributed by atoms with E-state index in [0.717, 1.165) is 54.0 Å². The lowest BCUT2D eigenvalue weighted by molar-refractivity contribution is 0.0502. The van der Waals surface area contributed by atoms with Crippen LogP contribution in [0.3, 0.4) is 0 Å². The summed E-state index contributed by atoms with van der Waals surface area (Å²) in [5.41, 5.74) is 3.30. The van der Waals surface area contributed by atoms with Gasteiger partial charge in [-0.2, -0.15) is 0 Å². The number of carbonyl (C=O) groups excluding carboxylic acids is 1. The highest BCUT2D eigenvalue weighted by atomic mass is 16.7. The van der Waals surface area contributed by atoms with E-state index in [1.54, 1.807) is 7.11 Å². The van der Waals surface area contributed by atoms with Gasteiger partial charge in [-0.05, 0) is 35.9 Å². The Bertz CT molecular complexity index is 836. The number of hydrogen-bond acceptors (Lipinski definition) is 5. The molecule has 0 bridgehead atoms. The molecule has 5 nitrogen and oxygen atoms in total. The van der Waals surface area contributed by atoms with Gasteiger partial charge in [0.05, 0.1) is 5.56 Å². The first-order valence-electron chi connectivity index (χ1n) is 8.68. The minimum atomic E-state index is -0.356. The molecule has 5 heteroatoms. The summed E-state index contributed by atoms with van der Waals surface area (Å²) in [6.07, 6.45) is 3.95. The van der Waals surface area contributed by atoms with E-state index in [-0.39, 0.29) is 12.4 Å². The van der Waals surface area contributed by atoms with Crippen molar-refractivity contribution in [2.24, 2.45) is 0 Å². The average molecular weight is 351 g/mol. The van der Waals surface area contributed by atoms with Crippen LogP contribution < -0.4 is 14.8 Å². The van der Waals surface area contributed by atoms with E-state index in [0.29, 0.717) is 5.56 Å². The fourth-order valence-electron chi connectivity index (χ4n) is 3.56. The van der Waals surface area contributed by atoms with Gasteiger partial charge < -0.3 is 19.5 Å². The van der Waals surface area contributed by atoms with Gasteiger partial charge in [0.25, 0.3) is 0 Å². The van der Waals surface area contributed by atoms with Crippen LogP contribution in [-0.4, -0.2) is 38.9 Å². The summed E-state index contributed by atoms with van der Waals surface area (Å²) in [4.78, 5) is 11.0. The third-order valence-electron chi connectivity index (χ3n) is 4.82. The highest BCUT2D eigenvalue weighted by Crippen LogP contribution is 2.45. The summed E-state index contributed by atoms with van der Waals surface area (Å²) >= 11 is 0. The van der Waals surface area contributed by atoms with Gasteiger partial charge in [-0.15, -0.1) is 0 Å². The minimum absolute atomic E-state index is 0.167. The predicted molar refractivity (Wildman–Crippen MR) is 98.7 cm³/mol. The van der Waals surface area contributed by atoms with Gasteiger partial charge in [0, 0.05) is 25.6 Å². The van der Waals surface area contributed by atoms with Crippen LogP contribution in [0.1, 0.15) is 27.9 Å². The number of methoxy groups -OCH3 is 1. The molecule has 0 saturated carbocycles. The Balaban J connectivity index is 1.85. The van der Waals surface area contributed by atoms with Crippen LogP contribution in [0.2, 0.25) is 0 Å². The van der Waals surface area contributed by atoms with Gasteiger partial charge in [0.15, 0.2) is 6.79 Å². The zero-order chi connectivity index (χ0) is 18.0. The quantitative estimate of drug-likeness (QED) is 0.663. The van der Waals surface area contributed by atoms with Gasteiger partial charge >= 0.3 is 0 Å². The van der Waals surface area contributed by atoms with Crippen molar-refractivity contribution in [3.05, 3.63) is 65.2 Å². The molecular weight excluding hydrogens is 330 g/mol. The summed E-state index contributed by atoms with van der Waals surface area (Å²) in [7, 11) is 1.60. The lowest BCUT2D eigenvalue weighted by atomic mass is 9.87. The first-order chi connectivity index (χ1) is 12.7. The smallest absolute Gasteiger partial charge is 0.188 e. The number of fused-ring (bicyclic) bond motifs is 1. The topological polar surface area (TPSA) is 56.8 Å². The average Bonchev–Trinajstić information content (AvgIpc) is 3.13. The SMILES string of the molecule is COCOc1cccc2c1C(c1ccc(C=O)cc1)=CC1(CCNC1)O2. The van der Waals surface area contributed by atoms with Gasteiger partial charge in [0.2, 0.25) is 0 Å². The summed E-state index contributed by atoms with van der Waals surface area (Å²) in [5.74, 6) is 1.52. The summed E-state index contributed by atoms with van der Waals surface area (Å²) in [6.45, 7) is 1.86. The zero-order valence-electron chi connectivity index (χ0n) is 14.7. The van der Waals surface area contributed by atoms with Crippen LogP contribution in [0, 0.1) is 0 Å². The molecule has 0 radical (unpaired) electrons. The Morgan fingerprint density at radius 1 is 1.23 bits per heavy atom. The van der Waals surface area contributed by atoms with E-state index in [1.807, 2.05) is 42.5 Å². The van der Waals surface area contributed by atoms with Crippen molar-refractivity contribution in [3.8, 4) is 11.5 Å². The molecule has 0 amide bonds. The molecule has 134 valence electrons. The van der Waals surface area contributed by atoms with Crippen molar-refractivity contribution in [3.63, 3.8) is 0 Å². The molecule has 1 saturated heterocycles. The van der Waals surface area contributed by atoms with Crippen molar-refractivity contribution in [1.82, 2.24) is 5.32 Å². The van der Waals surface area contributed by atoms with Crippen molar-refractivity contribution < 1.29 is 19.0 Å². The molecule has 1 spiro atoms. The zero-order valence-corrected chi connectivity index (χ0v) is 14.7. The summed E-state index contributed by atoms with van der Waals surface area (Å²) < 4.78 is 17.2. The molecule has 26 heavy (non-hydrogen) atoms. The second kappa shape index (κ2) is 6.94. The number of aldehydes is 1. The van der Waals surface area contributed by atoms with Crippen LogP contribution in [0.25, 0.3) is 5.57 Å². The van der Waals surface area contributed by atoms with Crippen molar-refractivity contribution in [1.29, 1.82) is 0 Å². The highest BCUT2D eigenvalue weighted by molar-refractivity contribution is 5.88. The number of hydrogen-bond donors (Lipinski definition) is 1. The molecular formula is C21H21NO4. The van der Waals surface area contributed by atoms with Gasteiger partial charge in [-0.25, -0.2) is 0 Å². The largest absolute Gasteiger partial charge is 0.481 e. The maximum absolute atomic E-state index is 11.0. The molecule has 4 rings (SSSR count). The van der Waals surface area contributed by atoms with Gasteiger partial charge in [0.1, 0.15) is 23.4 Å². The Labute approximate surface area is 152 Å². The highest BCUT2D eigenvalue weighted by Gasteiger charge is 2.39. The number of ether oxygens (including phenoxy) is 3.